The third kappa shape index (κ3) is 3.03. The summed E-state index contributed by atoms with van der Waals surface area (Å²) in [4.78, 5) is 8.14. The van der Waals surface area contributed by atoms with Crippen LogP contribution in [0.15, 0.2) is 6.20 Å². The summed E-state index contributed by atoms with van der Waals surface area (Å²) in [5.41, 5.74) is 0. The normalized spacial score (nSPS) is 19.1. The van der Waals surface area contributed by atoms with Crippen molar-refractivity contribution in [1.82, 2.24) is 9.88 Å². The van der Waals surface area contributed by atoms with E-state index in [-0.39, 0.29) is 12.5 Å². The van der Waals surface area contributed by atoms with E-state index >= 15 is 0 Å². The van der Waals surface area contributed by atoms with E-state index in [0.29, 0.717) is 0 Å². The third-order valence-electron chi connectivity index (χ3n) is 3.17. The van der Waals surface area contributed by atoms with E-state index in [2.05, 4.69) is 9.88 Å². The van der Waals surface area contributed by atoms with Gasteiger partial charge in [0.25, 0.3) is 0 Å². The quantitative estimate of drug-likeness (QED) is 0.853. The lowest BCUT2D eigenvalue weighted by Gasteiger charge is -2.12. The highest BCUT2D eigenvalue weighted by Gasteiger charge is 2.13. The zero-order valence-corrected chi connectivity index (χ0v) is 10.7. The largest absolute Gasteiger partial charge is 0.396 e. The van der Waals surface area contributed by atoms with Crippen molar-refractivity contribution in [3.63, 3.8) is 0 Å². The minimum absolute atomic E-state index is 0.216. The minimum Gasteiger partial charge on any atom is -0.396 e. The fourth-order valence-corrected chi connectivity index (χ4v) is 2.97. The lowest BCUT2D eigenvalue weighted by Crippen LogP contribution is -2.21. The van der Waals surface area contributed by atoms with Crippen LogP contribution in [0.4, 0.5) is 0 Å². The van der Waals surface area contributed by atoms with Crippen molar-refractivity contribution >= 4 is 11.3 Å². The number of aromatic nitrogens is 1. The average Bonchev–Trinajstić information content (AvgIpc) is 2.96. The Balaban J connectivity index is 1.82. The van der Waals surface area contributed by atoms with Gasteiger partial charge >= 0.3 is 0 Å². The van der Waals surface area contributed by atoms with Crippen molar-refractivity contribution in [3.05, 3.63) is 16.1 Å². The molecule has 0 aliphatic carbocycles. The second-order valence-electron chi connectivity index (χ2n) is 4.54. The molecule has 2 heterocycles. The summed E-state index contributed by atoms with van der Waals surface area (Å²) in [5.74, 6) is 0.234. The fourth-order valence-electron chi connectivity index (χ4n) is 2.02. The van der Waals surface area contributed by atoms with Crippen molar-refractivity contribution in [2.75, 3.05) is 26.2 Å². The molecular formula is C12H20N2OS. The molecule has 0 spiro atoms. The number of nitrogens with zero attached hydrogens (tertiary/aromatic N) is 2. The standard InChI is InChI=1S/C12H20N2OS/c1-10(9-15)11-8-13-12(16-11)4-7-14-5-2-3-6-14/h8,10,15H,2-7,9H2,1H3. The molecule has 4 heteroatoms. The summed E-state index contributed by atoms with van der Waals surface area (Å²) in [6.07, 6.45) is 5.68. The molecule has 2 rings (SSSR count). The Labute approximate surface area is 101 Å². The van der Waals surface area contributed by atoms with E-state index < -0.39 is 0 Å². The van der Waals surface area contributed by atoms with Crippen molar-refractivity contribution < 1.29 is 5.11 Å². The van der Waals surface area contributed by atoms with Crippen LogP contribution in [0.25, 0.3) is 0 Å². The number of likely N-dealkylation sites (tertiary alicyclic amines) is 1. The second-order valence-corrected chi connectivity index (χ2v) is 5.69. The number of thiazole rings is 1. The van der Waals surface area contributed by atoms with Crippen LogP contribution in [0.2, 0.25) is 0 Å². The average molecular weight is 240 g/mol. The fraction of sp³-hybridized carbons (Fsp3) is 0.750. The van der Waals surface area contributed by atoms with Crippen molar-refractivity contribution in [2.45, 2.75) is 32.1 Å². The van der Waals surface area contributed by atoms with Crippen molar-refractivity contribution in [3.8, 4) is 0 Å². The molecule has 1 unspecified atom stereocenters. The van der Waals surface area contributed by atoms with Crippen LogP contribution in [-0.4, -0.2) is 41.2 Å². The first-order chi connectivity index (χ1) is 7.79. The van der Waals surface area contributed by atoms with E-state index in [1.807, 2.05) is 13.1 Å². The number of rotatable bonds is 5. The molecule has 1 aromatic heterocycles. The van der Waals surface area contributed by atoms with Crippen molar-refractivity contribution in [1.29, 1.82) is 0 Å². The van der Waals surface area contributed by atoms with Gasteiger partial charge in [0.05, 0.1) is 11.6 Å². The molecule has 1 aliphatic rings. The van der Waals surface area contributed by atoms with Crippen LogP contribution < -0.4 is 0 Å². The first kappa shape index (κ1) is 12.0. The van der Waals surface area contributed by atoms with Gasteiger partial charge in [-0.1, -0.05) is 6.92 Å². The van der Waals surface area contributed by atoms with Crippen LogP contribution in [0.5, 0.6) is 0 Å². The molecular weight excluding hydrogens is 220 g/mol. The SMILES string of the molecule is CC(CO)c1cnc(CCN2CCCC2)s1. The maximum Gasteiger partial charge on any atom is 0.0940 e. The van der Waals surface area contributed by atoms with E-state index in [4.69, 9.17) is 5.11 Å². The van der Waals surface area contributed by atoms with Gasteiger partial charge in [0.1, 0.15) is 0 Å². The van der Waals surface area contributed by atoms with Gasteiger partial charge in [-0.25, -0.2) is 4.98 Å². The summed E-state index contributed by atoms with van der Waals surface area (Å²) in [6.45, 7) is 5.91. The first-order valence-electron chi connectivity index (χ1n) is 6.07. The molecule has 1 N–H and O–H groups in total. The Bertz CT molecular complexity index is 321. The molecule has 3 nitrogen and oxygen atoms in total. The molecule has 1 aliphatic heterocycles. The van der Waals surface area contributed by atoms with Crippen molar-refractivity contribution in [2.24, 2.45) is 0 Å². The van der Waals surface area contributed by atoms with Gasteiger partial charge in [-0.15, -0.1) is 11.3 Å². The molecule has 16 heavy (non-hydrogen) atoms. The zero-order valence-electron chi connectivity index (χ0n) is 9.85. The number of hydrogen-bond donors (Lipinski definition) is 1. The van der Waals surface area contributed by atoms with Gasteiger partial charge in [-0.2, -0.15) is 0 Å². The second kappa shape index (κ2) is 5.75. The highest BCUT2D eigenvalue weighted by molar-refractivity contribution is 7.11. The number of aliphatic hydroxyl groups is 1. The van der Waals surface area contributed by atoms with Gasteiger partial charge in [0.15, 0.2) is 0 Å². The minimum atomic E-state index is 0.216. The third-order valence-corrected chi connectivity index (χ3v) is 4.46. The molecule has 1 aromatic rings. The maximum atomic E-state index is 9.07. The molecule has 1 fully saturated rings. The molecule has 1 saturated heterocycles. The molecule has 90 valence electrons. The van der Waals surface area contributed by atoms with Gasteiger partial charge in [0, 0.05) is 30.0 Å². The summed E-state index contributed by atoms with van der Waals surface area (Å²) in [5, 5.41) is 10.3. The molecule has 0 radical (unpaired) electrons. The molecule has 0 bridgehead atoms. The van der Waals surface area contributed by atoms with E-state index in [9.17, 15) is 0 Å². The van der Waals surface area contributed by atoms with Crippen LogP contribution >= 0.6 is 11.3 Å². The summed E-state index contributed by atoms with van der Waals surface area (Å²) in [7, 11) is 0. The Morgan fingerprint density at radius 2 is 2.25 bits per heavy atom. The maximum absolute atomic E-state index is 9.07. The highest BCUT2D eigenvalue weighted by atomic mass is 32.1. The van der Waals surface area contributed by atoms with E-state index in [1.54, 1.807) is 11.3 Å². The Morgan fingerprint density at radius 3 is 2.94 bits per heavy atom. The predicted molar refractivity (Wildman–Crippen MR) is 67.0 cm³/mol. The molecule has 0 amide bonds. The summed E-state index contributed by atoms with van der Waals surface area (Å²) < 4.78 is 0. The van der Waals surface area contributed by atoms with Gasteiger partial charge in [-0.3, -0.25) is 0 Å². The van der Waals surface area contributed by atoms with Crippen LogP contribution in [-0.2, 0) is 6.42 Å². The summed E-state index contributed by atoms with van der Waals surface area (Å²) in [6, 6.07) is 0. The van der Waals surface area contributed by atoms with Gasteiger partial charge in [0.2, 0.25) is 0 Å². The van der Waals surface area contributed by atoms with Gasteiger partial charge in [-0.05, 0) is 25.9 Å². The Morgan fingerprint density at radius 1 is 1.50 bits per heavy atom. The smallest absolute Gasteiger partial charge is 0.0940 e. The monoisotopic (exact) mass is 240 g/mol. The summed E-state index contributed by atoms with van der Waals surface area (Å²) >= 11 is 1.75. The van der Waals surface area contributed by atoms with E-state index in [1.165, 1.54) is 35.8 Å². The molecule has 1 atom stereocenters. The van der Waals surface area contributed by atoms with Crippen LogP contribution in [0.3, 0.4) is 0 Å². The first-order valence-corrected chi connectivity index (χ1v) is 6.89. The zero-order chi connectivity index (χ0) is 11.4. The highest BCUT2D eigenvalue weighted by Crippen LogP contribution is 2.22. The number of hydrogen-bond acceptors (Lipinski definition) is 4. The Hall–Kier alpha value is -0.450. The Kier molecular flexibility index (Phi) is 4.32. The lowest BCUT2D eigenvalue weighted by atomic mass is 10.2. The predicted octanol–water partition coefficient (Wildman–Crippen LogP) is 1.88. The van der Waals surface area contributed by atoms with Gasteiger partial charge < -0.3 is 10.0 Å². The van der Waals surface area contributed by atoms with Crippen LogP contribution in [0.1, 0.15) is 35.6 Å². The molecule has 0 saturated carbocycles. The lowest BCUT2D eigenvalue weighted by molar-refractivity contribution is 0.274. The van der Waals surface area contributed by atoms with E-state index in [0.717, 1.165) is 13.0 Å². The van der Waals surface area contributed by atoms with Crippen LogP contribution in [0, 0.1) is 0 Å². The topological polar surface area (TPSA) is 36.4 Å². The number of aliphatic hydroxyl groups excluding tert-OH is 1. The molecule has 0 aromatic carbocycles.